The van der Waals surface area contributed by atoms with Crippen LogP contribution in [-0.4, -0.2) is 30.9 Å². The first-order valence-electron chi connectivity index (χ1n) is 8.04. The Kier molecular flexibility index (Phi) is 4.88. The van der Waals surface area contributed by atoms with Gasteiger partial charge in [-0.3, -0.25) is 14.4 Å². The standard InChI is InChI=1S/C19H18N2O5/c1-12(22)26-16-9-5-14(6-10-16)21-18(23)11-17(19(21)24)20-13-3-7-15(25-2)8-4-13/h3-10,17,20H,11H2,1-2H3. The summed E-state index contributed by atoms with van der Waals surface area (Å²) in [6.07, 6.45) is 0.0660. The molecule has 2 amide bonds. The highest BCUT2D eigenvalue weighted by Crippen LogP contribution is 2.27. The van der Waals surface area contributed by atoms with Crippen molar-refractivity contribution in [3.63, 3.8) is 0 Å². The lowest BCUT2D eigenvalue weighted by Crippen LogP contribution is -2.34. The van der Waals surface area contributed by atoms with Crippen molar-refractivity contribution in [3.05, 3.63) is 48.5 Å². The van der Waals surface area contributed by atoms with Gasteiger partial charge in [-0.25, -0.2) is 4.90 Å². The Labute approximate surface area is 150 Å². The van der Waals surface area contributed by atoms with Crippen LogP contribution in [0.3, 0.4) is 0 Å². The van der Waals surface area contributed by atoms with Crippen LogP contribution in [0, 0.1) is 0 Å². The molecule has 0 spiro atoms. The maximum absolute atomic E-state index is 12.6. The molecule has 0 bridgehead atoms. The van der Waals surface area contributed by atoms with E-state index in [9.17, 15) is 14.4 Å². The number of esters is 1. The quantitative estimate of drug-likeness (QED) is 0.504. The second kappa shape index (κ2) is 7.26. The molecular formula is C19H18N2O5. The number of imide groups is 1. The highest BCUT2D eigenvalue weighted by atomic mass is 16.5. The molecule has 3 rings (SSSR count). The molecule has 1 heterocycles. The van der Waals surface area contributed by atoms with Crippen LogP contribution in [0.15, 0.2) is 48.5 Å². The number of amides is 2. The lowest BCUT2D eigenvalue weighted by molar-refractivity contribution is -0.132. The molecule has 0 radical (unpaired) electrons. The van der Waals surface area contributed by atoms with Crippen LogP contribution in [0.2, 0.25) is 0 Å². The summed E-state index contributed by atoms with van der Waals surface area (Å²) in [4.78, 5) is 37.0. The number of anilines is 2. The van der Waals surface area contributed by atoms with Gasteiger partial charge in [0.1, 0.15) is 17.5 Å². The van der Waals surface area contributed by atoms with E-state index >= 15 is 0 Å². The number of nitrogens with one attached hydrogen (secondary N) is 1. The molecule has 1 unspecified atom stereocenters. The van der Waals surface area contributed by atoms with E-state index in [2.05, 4.69) is 5.32 Å². The summed E-state index contributed by atoms with van der Waals surface area (Å²) in [5.41, 5.74) is 1.17. The highest BCUT2D eigenvalue weighted by Gasteiger charge is 2.39. The van der Waals surface area contributed by atoms with Gasteiger partial charge in [-0.2, -0.15) is 0 Å². The number of hydrogen-bond acceptors (Lipinski definition) is 6. The summed E-state index contributed by atoms with van der Waals surface area (Å²) >= 11 is 0. The molecule has 2 aromatic rings. The van der Waals surface area contributed by atoms with E-state index in [1.807, 2.05) is 0 Å². The van der Waals surface area contributed by atoms with Crippen LogP contribution in [0.5, 0.6) is 11.5 Å². The van der Waals surface area contributed by atoms with Crippen molar-refractivity contribution < 1.29 is 23.9 Å². The Bertz CT molecular complexity index is 830. The zero-order valence-electron chi connectivity index (χ0n) is 14.4. The summed E-state index contributed by atoms with van der Waals surface area (Å²) in [5, 5.41) is 3.07. The number of rotatable bonds is 5. The molecule has 0 saturated carbocycles. The van der Waals surface area contributed by atoms with Crippen molar-refractivity contribution in [2.24, 2.45) is 0 Å². The summed E-state index contributed by atoms with van der Waals surface area (Å²) in [6, 6.07) is 12.7. The van der Waals surface area contributed by atoms with Gasteiger partial charge in [0.25, 0.3) is 5.91 Å². The second-order valence-corrected chi connectivity index (χ2v) is 5.78. The number of hydrogen-bond donors (Lipinski definition) is 1. The lowest BCUT2D eigenvalue weighted by Gasteiger charge is -2.16. The molecule has 1 N–H and O–H groups in total. The molecule has 7 heteroatoms. The summed E-state index contributed by atoms with van der Waals surface area (Å²) in [6.45, 7) is 1.30. The van der Waals surface area contributed by atoms with E-state index < -0.39 is 12.0 Å². The zero-order chi connectivity index (χ0) is 18.7. The van der Waals surface area contributed by atoms with Crippen molar-refractivity contribution in [3.8, 4) is 11.5 Å². The first kappa shape index (κ1) is 17.5. The molecule has 1 aliphatic rings. The van der Waals surface area contributed by atoms with Crippen LogP contribution in [0.4, 0.5) is 11.4 Å². The third kappa shape index (κ3) is 3.66. The van der Waals surface area contributed by atoms with Gasteiger partial charge in [0.15, 0.2) is 0 Å². The molecule has 1 atom stereocenters. The number of carbonyl (C=O) groups is 3. The topological polar surface area (TPSA) is 84.9 Å². The second-order valence-electron chi connectivity index (χ2n) is 5.78. The van der Waals surface area contributed by atoms with Crippen LogP contribution in [-0.2, 0) is 14.4 Å². The zero-order valence-corrected chi connectivity index (χ0v) is 14.4. The van der Waals surface area contributed by atoms with Crippen molar-refractivity contribution in [1.82, 2.24) is 0 Å². The average Bonchev–Trinajstić information content (AvgIpc) is 2.89. The summed E-state index contributed by atoms with van der Waals surface area (Å²) in [7, 11) is 1.58. The van der Waals surface area contributed by atoms with Gasteiger partial charge in [-0.05, 0) is 48.5 Å². The van der Waals surface area contributed by atoms with E-state index in [0.717, 1.165) is 10.6 Å². The van der Waals surface area contributed by atoms with Gasteiger partial charge < -0.3 is 14.8 Å². The van der Waals surface area contributed by atoms with Crippen LogP contribution in [0.1, 0.15) is 13.3 Å². The van der Waals surface area contributed by atoms with Gasteiger partial charge in [0, 0.05) is 12.6 Å². The number of carbonyl (C=O) groups excluding carboxylic acids is 3. The fraction of sp³-hybridized carbons (Fsp3) is 0.211. The van der Waals surface area contributed by atoms with Crippen LogP contribution >= 0.6 is 0 Å². The molecule has 1 fully saturated rings. The minimum atomic E-state index is -0.635. The average molecular weight is 354 g/mol. The number of benzene rings is 2. The monoisotopic (exact) mass is 354 g/mol. The molecule has 1 aliphatic heterocycles. The fourth-order valence-corrected chi connectivity index (χ4v) is 2.73. The predicted octanol–water partition coefficient (Wildman–Crippen LogP) is 2.36. The minimum Gasteiger partial charge on any atom is -0.497 e. The summed E-state index contributed by atoms with van der Waals surface area (Å²) in [5.74, 6) is 0.00857. The minimum absolute atomic E-state index is 0.0660. The molecule has 7 nitrogen and oxygen atoms in total. The third-order valence-electron chi connectivity index (χ3n) is 3.93. The van der Waals surface area contributed by atoms with Crippen molar-refractivity contribution in [1.29, 1.82) is 0 Å². The molecule has 0 aliphatic carbocycles. The van der Waals surface area contributed by atoms with Gasteiger partial charge in [0.05, 0.1) is 19.2 Å². The van der Waals surface area contributed by atoms with Gasteiger partial charge in [-0.1, -0.05) is 0 Å². The van der Waals surface area contributed by atoms with E-state index in [-0.39, 0.29) is 18.2 Å². The Morgan fingerprint density at radius 2 is 1.65 bits per heavy atom. The van der Waals surface area contributed by atoms with Gasteiger partial charge in [0.2, 0.25) is 5.91 Å². The molecule has 0 aromatic heterocycles. The Balaban J connectivity index is 1.72. The number of ether oxygens (including phenoxy) is 2. The predicted molar refractivity (Wildman–Crippen MR) is 95.3 cm³/mol. The van der Waals surface area contributed by atoms with Crippen LogP contribution < -0.4 is 19.7 Å². The SMILES string of the molecule is COc1ccc(NC2CC(=O)N(c3ccc(OC(C)=O)cc3)C2=O)cc1. The highest BCUT2D eigenvalue weighted by molar-refractivity contribution is 6.23. The number of nitrogens with zero attached hydrogens (tertiary/aromatic N) is 1. The Morgan fingerprint density at radius 3 is 2.23 bits per heavy atom. The number of methoxy groups -OCH3 is 1. The molecule has 26 heavy (non-hydrogen) atoms. The van der Waals surface area contributed by atoms with Gasteiger partial charge in [-0.15, -0.1) is 0 Å². The normalized spacial score (nSPS) is 16.5. The van der Waals surface area contributed by atoms with Crippen LogP contribution in [0.25, 0.3) is 0 Å². The Hall–Kier alpha value is -3.35. The molecular weight excluding hydrogens is 336 g/mol. The maximum Gasteiger partial charge on any atom is 0.308 e. The maximum atomic E-state index is 12.6. The smallest absolute Gasteiger partial charge is 0.308 e. The van der Waals surface area contributed by atoms with Gasteiger partial charge >= 0.3 is 5.97 Å². The third-order valence-corrected chi connectivity index (χ3v) is 3.93. The Morgan fingerprint density at radius 1 is 1.04 bits per heavy atom. The molecule has 2 aromatic carbocycles. The van der Waals surface area contributed by atoms with E-state index in [4.69, 9.17) is 9.47 Å². The van der Waals surface area contributed by atoms with E-state index in [1.54, 1.807) is 55.6 Å². The first-order valence-corrected chi connectivity index (χ1v) is 8.04. The van der Waals surface area contributed by atoms with Crippen molar-refractivity contribution in [2.45, 2.75) is 19.4 Å². The van der Waals surface area contributed by atoms with Crippen molar-refractivity contribution >= 4 is 29.2 Å². The van der Waals surface area contributed by atoms with E-state index in [0.29, 0.717) is 17.2 Å². The first-order chi connectivity index (χ1) is 12.5. The largest absolute Gasteiger partial charge is 0.497 e. The fourth-order valence-electron chi connectivity index (χ4n) is 2.73. The lowest BCUT2D eigenvalue weighted by atomic mass is 10.2. The van der Waals surface area contributed by atoms with Crippen molar-refractivity contribution in [2.75, 3.05) is 17.3 Å². The van der Waals surface area contributed by atoms with E-state index in [1.165, 1.54) is 6.92 Å². The molecule has 134 valence electrons. The molecule has 1 saturated heterocycles. The summed E-state index contributed by atoms with van der Waals surface area (Å²) < 4.78 is 10.1.